The molecule has 4 aliphatic rings. The molecule has 4 bridgehead atoms. The van der Waals surface area contributed by atoms with Crippen molar-refractivity contribution >= 4 is 24.1 Å². The number of hydrogen-bond acceptors (Lipinski definition) is 10. The molecule has 0 aliphatic heterocycles. The quantitative estimate of drug-likeness (QED) is 0.0384. The number of carbonyl (C=O) groups excluding carboxylic acids is 4. The Kier molecular flexibility index (Phi) is 23.2. The number of esters is 3. The number of unbranched alkanes of at least 4 members (excludes halogenated alkanes) is 11. The fourth-order valence-electron chi connectivity index (χ4n) is 9.30. The van der Waals surface area contributed by atoms with Gasteiger partial charge in [0.15, 0.2) is 0 Å². The second-order valence-electron chi connectivity index (χ2n) is 16.9. The van der Waals surface area contributed by atoms with E-state index in [0.717, 1.165) is 75.9 Å². The number of nitrogens with zero attached hydrogens (tertiary/aromatic N) is 1. The van der Waals surface area contributed by atoms with Crippen LogP contribution in [-0.4, -0.2) is 81.6 Å². The van der Waals surface area contributed by atoms with Gasteiger partial charge in [0.2, 0.25) is 0 Å². The van der Waals surface area contributed by atoms with Crippen LogP contribution in [0.15, 0.2) is 0 Å². The zero-order valence-electron chi connectivity index (χ0n) is 34.6. The van der Waals surface area contributed by atoms with E-state index in [9.17, 15) is 19.2 Å². The Balaban J connectivity index is 1.30. The summed E-state index contributed by atoms with van der Waals surface area (Å²) in [4.78, 5) is 52.6. The van der Waals surface area contributed by atoms with E-state index < -0.39 is 12.1 Å². The van der Waals surface area contributed by atoms with Gasteiger partial charge in [0.25, 0.3) is 0 Å². The molecule has 54 heavy (non-hydrogen) atoms. The van der Waals surface area contributed by atoms with Crippen molar-refractivity contribution in [3.63, 3.8) is 0 Å². The van der Waals surface area contributed by atoms with Crippen LogP contribution in [0.2, 0.25) is 0 Å². The summed E-state index contributed by atoms with van der Waals surface area (Å²) in [6.45, 7) is 9.81. The molecule has 312 valence electrons. The molecule has 10 nitrogen and oxygen atoms in total. The van der Waals surface area contributed by atoms with Gasteiger partial charge in [-0.15, -0.1) is 0 Å². The number of hydrogen-bond donors (Lipinski definition) is 0. The van der Waals surface area contributed by atoms with E-state index >= 15 is 0 Å². The molecule has 0 aromatic heterocycles. The van der Waals surface area contributed by atoms with E-state index in [4.69, 9.17) is 23.7 Å². The lowest BCUT2D eigenvalue weighted by molar-refractivity contribution is -0.152. The first-order valence-corrected chi connectivity index (χ1v) is 22.2. The van der Waals surface area contributed by atoms with Gasteiger partial charge >= 0.3 is 24.1 Å². The Hall–Kier alpha value is -2.36. The number of carbonyl (C=O) groups is 4. The minimum absolute atomic E-state index is 0.00809. The molecule has 4 saturated carbocycles. The van der Waals surface area contributed by atoms with Gasteiger partial charge in [-0.25, -0.2) is 4.79 Å². The van der Waals surface area contributed by atoms with Crippen LogP contribution in [0, 0.1) is 29.1 Å². The van der Waals surface area contributed by atoms with Crippen LogP contribution in [0.5, 0.6) is 0 Å². The Labute approximate surface area is 327 Å². The van der Waals surface area contributed by atoms with Gasteiger partial charge in [0.1, 0.15) is 19.8 Å². The van der Waals surface area contributed by atoms with Crippen LogP contribution in [0.3, 0.4) is 0 Å². The zero-order valence-corrected chi connectivity index (χ0v) is 34.6. The third-order valence-electron chi connectivity index (χ3n) is 12.2. The van der Waals surface area contributed by atoms with Crippen LogP contribution >= 0.6 is 0 Å². The fraction of sp³-hybridized carbons (Fsp3) is 0.909. The van der Waals surface area contributed by atoms with Gasteiger partial charge < -0.3 is 28.6 Å². The maximum absolute atomic E-state index is 13.2. The molecule has 0 N–H and O–H groups in total. The molecule has 3 atom stereocenters. The monoisotopic (exact) mass is 764 g/mol. The summed E-state index contributed by atoms with van der Waals surface area (Å²) in [5.74, 6) is 1.05. The van der Waals surface area contributed by atoms with E-state index in [0.29, 0.717) is 38.7 Å². The first-order chi connectivity index (χ1) is 26.2. The molecular formula is C44H77NO9. The molecule has 0 aromatic carbocycles. The van der Waals surface area contributed by atoms with Crippen molar-refractivity contribution in [1.82, 2.24) is 4.90 Å². The van der Waals surface area contributed by atoms with Crippen LogP contribution in [-0.2, 0) is 38.1 Å². The van der Waals surface area contributed by atoms with Gasteiger partial charge in [-0.2, -0.15) is 0 Å². The molecular weight excluding hydrogens is 686 g/mol. The lowest BCUT2D eigenvalue weighted by atomic mass is 9.60. The Morgan fingerprint density at radius 2 is 1.09 bits per heavy atom. The molecule has 3 unspecified atom stereocenters. The van der Waals surface area contributed by atoms with Crippen molar-refractivity contribution < 1.29 is 42.9 Å². The topological polar surface area (TPSA) is 118 Å². The van der Waals surface area contributed by atoms with Crippen LogP contribution in [0.4, 0.5) is 4.79 Å². The molecule has 0 aromatic rings. The smallest absolute Gasteiger partial charge is 0.466 e. The van der Waals surface area contributed by atoms with Crippen molar-refractivity contribution in [3.8, 4) is 0 Å². The predicted octanol–water partition coefficient (Wildman–Crippen LogP) is 9.99. The normalized spacial score (nSPS) is 22.1. The molecule has 0 saturated heterocycles. The second-order valence-corrected chi connectivity index (χ2v) is 16.9. The minimum Gasteiger partial charge on any atom is -0.466 e. The molecule has 4 aliphatic carbocycles. The number of rotatable bonds is 31. The fourth-order valence-corrected chi connectivity index (χ4v) is 9.30. The van der Waals surface area contributed by atoms with E-state index in [1.54, 1.807) is 0 Å². The minimum atomic E-state index is -0.774. The summed E-state index contributed by atoms with van der Waals surface area (Å²) in [7, 11) is 0. The molecule has 10 heteroatoms. The third-order valence-corrected chi connectivity index (χ3v) is 12.2. The second kappa shape index (κ2) is 27.3. The van der Waals surface area contributed by atoms with Crippen LogP contribution < -0.4 is 0 Å². The third kappa shape index (κ3) is 19.5. The molecule has 0 heterocycles. The Morgan fingerprint density at radius 1 is 0.574 bits per heavy atom. The molecule has 0 amide bonds. The van der Waals surface area contributed by atoms with Gasteiger partial charge in [0.05, 0.1) is 25.6 Å². The summed E-state index contributed by atoms with van der Waals surface area (Å²) >= 11 is 0. The Morgan fingerprint density at radius 3 is 1.72 bits per heavy atom. The summed E-state index contributed by atoms with van der Waals surface area (Å²) < 4.78 is 27.4. The highest BCUT2D eigenvalue weighted by atomic mass is 16.7. The van der Waals surface area contributed by atoms with Crippen molar-refractivity contribution in [2.45, 2.75) is 175 Å². The molecule has 0 spiro atoms. The van der Waals surface area contributed by atoms with Crippen molar-refractivity contribution in [2.24, 2.45) is 29.1 Å². The highest BCUT2D eigenvalue weighted by Crippen LogP contribution is 2.58. The molecule has 4 fully saturated rings. The summed E-state index contributed by atoms with van der Waals surface area (Å²) in [6, 6.07) is 0. The van der Waals surface area contributed by atoms with Gasteiger partial charge in [-0.1, -0.05) is 85.0 Å². The average molecular weight is 764 g/mol. The van der Waals surface area contributed by atoms with E-state index in [1.807, 2.05) is 0 Å². The van der Waals surface area contributed by atoms with Gasteiger partial charge in [0, 0.05) is 19.4 Å². The van der Waals surface area contributed by atoms with Crippen molar-refractivity contribution in [1.29, 1.82) is 0 Å². The highest BCUT2D eigenvalue weighted by Gasteiger charge is 2.48. The Bertz CT molecular complexity index is 1050. The average Bonchev–Trinajstić information content (AvgIpc) is 3.35. The summed E-state index contributed by atoms with van der Waals surface area (Å²) in [5.41, 5.74) is 0.0483. The molecule has 4 rings (SSSR count). The first-order valence-electron chi connectivity index (χ1n) is 22.2. The summed E-state index contributed by atoms with van der Waals surface area (Å²) in [5, 5.41) is 0. The van der Waals surface area contributed by atoms with Crippen LogP contribution in [0.1, 0.15) is 175 Å². The maximum Gasteiger partial charge on any atom is 0.508 e. The van der Waals surface area contributed by atoms with Crippen LogP contribution in [0.25, 0.3) is 0 Å². The number of ether oxygens (including phenoxy) is 5. The van der Waals surface area contributed by atoms with E-state index in [1.165, 1.54) is 77.0 Å². The van der Waals surface area contributed by atoms with Gasteiger partial charge in [-0.05, 0) is 107 Å². The maximum atomic E-state index is 13.2. The standard InChI is InChI=1S/C44H77NO9/c1-4-7-8-9-10-11-12-13-14-18-25-50-40(46)20-16-15-17-21-41(47)52-33-39(35-54-43(49)51-26-19-24-45(5-2)6-3)34-53-42(48)32-44-23-22-36-27-37(30-44)29-38(28-36)31-44/h36-39H,4-35H2,1-3H3. The van der Waals surface area contributed by atoms with E-state index in [-0.39, 0.29) is 56.2 Å². The summed E-state index contributed by atoms with van der Waals surface area (Å²) in [6.07, 6.45) is 23.9. The molecule has 0 radical (unpaired) electrons. The lowest BCUT2D eigenvalue weighted by Crippen LogP contribution is -2.36. The zero-order chi connectivity index (χ0) is 38.9. The van der Waals surface area contributed by atoms with Crippen molar-refractivity contribution in [2.75, 3.05) is 52.7 Å². The van der Waals surface area contributed by atoms with E-state index in [2.05, 4.69) is 25.7 Å². The van der Waals surface area contributed by atoms with Gasteiger partial charge in [-0.3, -0.25) is 14.4 Å². The first kappa shape index (κ1) is 46.0. The highest BCUT2D eigenvalue weighted by molar-refractivity contribution is 5.71. The lowest BCUT2D eigenvalue weighted by Gasteiger charge is -2.45. The van der Waals surface area contributed by atoms with Crippen molar-refractivity contribution in [3.05, 3.63) is 0 Å². The predicted molar refractivity (Wildman–Crippen MR) is 211 cm³/mol. The largest absolute Gasteiger partial charge is 0.508 e. The SMILES string of the molecule is CCCCCCCCCCCCOC(=O)CCCCCC(=O)OCC(COC(=O)CC12CCC3CC(CC(C3)C1)C2)COC(=O)OCCCN(CC)CC. The number of fused-ring (bicyclic) bond motifs is 1.